The van der Waals surface area contributed by atoms with E-state index in [1.165, 1.54) is 40.4 Å². The smallest absolute Gasteiger partial charge is 0.254 e. The summed E-state index contributed by atoms with van der Waals surface area (Å²) in [5.74, 6) is 0.888. The Labute approximate surface area is 123 Å². The van der Waals surface area contributed by atoms with Crippen LogP contribution in [0.2, 0.25) is 0 Å². The Morgan fingerprint density at radius 1 is 1.40 bits per heavy atom. The minimum Gasteiger partial charge on any atom is -0.345 e. The molecule has 0 radical (unpaired) electrons. The number of thioether (sulfide) groups is 2. The number of fused-ring (bicyclic) bond motifs is 1. The van der Waals surface area contributed by atoms with Crippen molar-refractivity contribution in [2.24, 2.45) is 5.92 Å². The predicted molar refractivity (Wildman–Crippen MR) is 76.7 cm³/mol. The van der Waals surface area contributed by atoms with Crippen LogP contribution in [0, 0.1) is 5.92 Å². The summed E-state index contributed by atoms with van der Waals surface area (Å²) in [5.41, 5.74) is -0.146. The Hall–Kier alpha value is -1.28. The van der Waals surface area contributed by atoms with Gasteiger partial charge in [0.1, 0.15) is 0 Å². The molecule has 1 saturated heterocycles. The summed E-state index contributed by atoms with van der Waals surface area (Å²) in [5, 5.41) is 3.47. The highest BCUT2D eigenvalue weighted by atomic mass is 32.2. The first kappa shape index (κ1) is 13.7. The van der Waals surface area contributed by atoms with Gasteiger partial charge in [0.25, 0.3) is 5.56 Å². The quantitative estimate of drug-likeness (QED) is 0.781. The number of nitrogens with zero attached hydrogens (tertiary/aromatic N) is 2. The second-order valence-electron chi connectivity index (χ2n) is 4.70. The van der Waals surface area contributed by atoms with Crippen molar-refractivity contribution in [3.05, 3.63) is 22.6 Å². The van der Waals surface area contributed by atoms with E-state index >= 15 is 0 Å². The van der Waals surface area contributed by atoms with Gasteiger partial charge in [-0.25, -0.2) is 4.98 Å². The zero-order valence-corrected chi connectivity index (χ0v) is 12.2. The topological polar surface area (TPSA) is 81.1 Å². The largest absolute Gasteiger partial charge is 0.345 e. The van der Waals surface area contributed by atoms with E-state index in [9.17, 15) is 14.4 Å². The summed E-state index contributed by atoms with van der Waals surface area (Å²) in [6.45, 7) is 0.328. The number of carbonyl (C=O) groups excluding carboxylic acids is 2. The van der Waals surface area contributed by atoms with Gasteiger partial charge in [-0.05, 0) is 6.42 Å². The second kappa shape index (κ2) is 5.61. The average molecular weight is 311 g/mol. The minimum atomic E-state index is -0.371. The molecule has 2 atom stereocenters. The molecule has 6 nitrogen and oxygen atoms in total. The van der Waals surface area contributed by atoms with Gasteiger partial charge >= 0.3 is 0 Å². The molecule has 0 spiro atoms. The minimum absolute atomic E-state index is 0.0287. The molecule has 20 heavy (non-hydrogen) atoms. The number of amides is 1. The van der Waals surface area contributed by atoms with Gasteiger partial charge in [-0.15, -0.1) is 0 Å². The lowest BCUT2D eigenvalue weighted by molar-refractivity contribution is -0.127. The van der Waals surface area contributed by atoms with E-state index in [1.54, 1.807) is 0 Å². The van der Waals surface area contributed by atoms with E-state index in [4.69, 9.17) is 0 Å². The van der Waals surface area contributed by atoms with Crippen LogP contribution in [0.5, 0.6) is 0 Å². The highest BCUT2D eigenvalue weighted by molar-refractivity contribution is 8.14. The Morgan fingerprint density at radius 2 is 2.25 bits per heavy atom. The molecule has 3 rings (SSSR count). The normalized spacial score (nSPS) is 25.3. The maximum atomic E-state index is 12.2. The van der Waals surface area contributed by atoms with Crippen LogP contribution in [-0.4, -0.2) is 38.1 Å². The first-order valence-corrected chi connectivity index (χ1v) is 8.28. The fourth-order valence-corrected chi connectivity index (χ4v) is 4.22. The molecule has 0 aliphatic carbocycles. The monoisotopic (exact) mass is 311 g/mol. The molecule has 3 heterocycles. The molecule has 1 aromatic heterocycles. The zero-order valence-electron chi connectivity index (χ0n) is 10.6. The molecule has 2 aliphatic heterocycles. The molecule has 8 heteroatoms. The number of carbonyl (C=O) groups is 2. The van der Waals surface area contributed by atoms with Crippen molar-refractivity contribution in [1.29, 1.82) is 0 Å². The number of rotatable bonds is 2. The Kier molecular flexibility index (Phi) is 3.84. The van der Waals surface area contributed by atoms with Crippen LogP contribution in [0.3, 0.4) is 0 Å². The molecule has 0 aromatic carbocycles. The molecule has 1 aromatic rings. The van der Waals surface area contributed by atoms with E-state index in [2.05, 4.69) is 10.3 Å². The van der Waals surface area contributed by atoms with Crippen molar-refractivity contribution in [1.82, 2.24) is 14.9 Å². The first-order chi connectivity index (χ1) is 9.65. The van der Waals surface area contributed by atoms with Crippen LogP contribution < -0.4 is 10.9 Å². The van der Waals surface area contributed by atoms with E-state index < -0.39 is 0 Å². The predicted octanol–water partition coefficient (Wildman–Crippen LogP) is 0.113. The van der Waals surface area contributed by atoms with E-state index in [0.717, 1.165) is 5.75 Å². The van der Waals surface area contributed by atoms with Crippen molar-refractivity contribution in [2.45, 2.75) is 24.2 Å². The lowest BCUT2D eigenvalue weighted by Gasteiger charge is -2.24. The van der Waals surface area contributed by atoms with Crippen LogP contribution >= 0.6 is 23.5 Å². The van der Waals surface area contributed by atoms with E-state index in [0.29, 0.717) is 23.9 Å². The molecule has 2 unspecified atom stereocenters. The van der Waals surface area contributed by atoms with Gasteiger partial charge in [0.05, 0.1) is 12.0 Å². The molecule has 1 amide bonds. The van der Waals surface area contributed by atoms with Gasteiger partial charge in [-0.2, -0.15) is 0 Å². The van der Waals surface area contributed by atoms with Crippen LogP contribution in [0.15, 0.2) is 22.2 Å². The lowest BCUT2D eigenvalue weighted by Crippen LogP contribution is -2.44. The third-order valence-corrected chi connectivity index (χ3v) is 5.50. The van der Waals surface area contributed by atoms with E-state index in [1.807, 2.05) is 0 Å². The summed E-state index contributed by atoms with van der Waals surface area (Å²) in [6, 6.07) is 1.02. The van der Waals surface area contributed by atoms with Crippen LogP contribution in [0.1, 0.15) is 6.42 Å². The van der Waals surface area contributed by atoms with Crippen molar-refractivity contribution in [3.63, 3.8) is 0 Å². The van der Waals surface area contributed by atoms with Crippen molar-refractivity contribution >= 4 is 34.5 Å². The molecule has 106 valence electrons. The van der Waals surface area contributed by atoms with Gasteiger partial charge in [0.2, 0.25) is 11.0 Å². The van der Waals surface area contributed by atoms with Crippen LogP contribution in [-0.2, 0) is 16.1 Å². The van der Waals surface area contributed by atoms with Gasteiger partial charge in [0.15, 0.2) is 5.16 Å². The number of hydrogen-bond acceptors (Lipinski definition) is 6. The second-order valence-corrected chi connectivity index (χ2v) is 6.79. The first-order valence-electron chi connectivity index (χ1n) is 6.31. The van der Waals surface area contributed by atoms with Crippen LogP contribution in [0.4, 0.5) is 0 Å². The van der Waals surface area contributed by atoms with E-state index in [-0.39, 0.29) is 28.5 Å². The zero-order chi connectivity index (χ0) is 14.1. The van der Waals surface area contributed by atoms with Crippen molar-refractivity contribution < 1.29 is 9.59 Å². The molecule has 0 saturated carbocycles. The SMILES string of the molecule is O=C(NC1CCSC1=O)C1CSc2nccc(=O)n2C1. The summed E-state index contributed by atoms with van der Waals surface area (Å²) >= 11 is 2.66. The molecule has 2 aliphatic rings. The van der Waals surface area contributed by atoms with Crippen molar-refractivity contribution in [3.8, 4) is 0 Å². The van der Waals surface area contributed by atoms with Gasteiger partial charge in [-0.1, -0.05) is 23.5 Å². The summed E-state index contributed by atoms with van der Waals surface area (Å²) in [4.78, 5) is 39.6. The fourth-order valence-electron chi connectivity index (χ4n) is 2.23. The maximum Gasteiger partial charge on any atom is 0.254 e. The third-order valence-electron chi connectivity index (χ3n) is 3.34. The maximum absolute atomic E-state index is 12.2. The Morgan fingerprint density at radius 3 is 3.00 bits per heavy atom. The average Bonchev–Trinajstić information content (AvgIpc) is 2.84. The third kappa shape index (κ3) is 2.62. The summed E-state index contributed by atoms with van der Waals surface area (Å²) < 4.78 is 1.52. The van der Waals surface area contributed by atoms with Gasteiger partial charge in [0, 0.05) is 30.3 Å². The molecular formula is C12H13N3O3S2. The standard InChI is InChI=1S/C12H13N3O3S2/c16-9-1-3-13-12-15(9)5-7(6-20-12)10(17)14-8-2-4-19-11(8)18/h1,3,7-8H,2,4-6H2,(H,14,17). The Bertz CT molecular complexity index is 616. The summed E-state index contributed by atoms with van der Waals surface area (Å²) in [6.07, 6.45) is 2.17. The number of aromatic nitrogens is 2. The molecule has 1 N–H and O–H groups in total. The Balaban J connectivity index is 1.70. The highest BCUT2D eigenvalue weighted by Gasteiger charge is 2.31. The molecule has 1 fully saturated rings. The highest BCUT2D eigenvalue weighted by Crippen LogP contribution is 2.25. The molecule has 0 bridgehead atoms. The van der Waals surface area contributed by atoms with Gasteiger partial charge < -0.3 is 5.32 Å². The number of hydrogen-bond donors (Lipinski definition) is 1. The van der Waals surface area contributed by atoms with Gasteiger partial charge in [-0.3, -0.25) is 19.0 Å². The fraction of sp³-hybridized carbons (Fsp3) is 0.500. The van der Waals surface area contributed by atoms with Crippen molar-refractivity contribution in [2.75, 3.05) is 11.5 Å². The summed E-state index contributed by atoms with van der Waals surface area (Å²) in [7, 11) is 0. The van der Waals surface area contributed by atoms with Crippen LogP contribution in [0.25, 0.3) is 0 Å². The number of nitrogens with one attached hydrogen (secondary N) is 1. The lowest BCUT2D eigenvalue weighted by atomic mass is 10.1. The molecular weight excluding hydrogens is 298 g/mol.